The minimum Gasteiger partial charge on any atom is -0.366 e. The van der Waals surface area contributed by atoms with Crippen molar-refractivity contribution in [2.24, 2.45) is 5.73 Å². The number of amides is 1. The van der Waals surface area contributed by atoms with Crippen LogP contribution in [-0.2, 0) is 6.18 Å². The third kappa shape index (κ3) is 7.13. The van der Waals surface area contributed by atoms with E-state index >= 15 is 0 Å². The van der Waals surface area contributed by atoms with Crippen LogP contribution < -0.4 is 5.73 Å². The largest absolute Gasteiger partial charge is 0.416 e. The van der Waals surface area contributed by atoms with Gasteiger partial charge in [0.2, 0.25) is 5.91 Å². The molecule has 0 heterocycles. The van der Waals surface area contributed by atoms with Gasteiger partial charge in [0, 0.05) is 15.7 Å². The van der Waals surface area contributed by atoms with Gasteiger partial charge in [-0.2, -0.15) is 13.2 Å². The molecule has 0 aromatic heterocycles. The summed E-state index contributed by atoms with van der Waals surface area (Å²) in [4.78, 5) is 12.4. The van der Waals surface area contributed by atoms with E-state index in [1.165, 1.54) is 31.4 Å². The molecule has 0 saturated heterocycles. The lowest BCUT2D eigenvalue weighted by atomic mass is 10.0. The summed E-state index contributed by atoms with van der Waals surface area (Å²) in [6.45, 7) is 2.18. The first-order valence-corrected chi connectivity index (χ1v) is 12.0. The highest BCUT2D eigenvalue weighted by atomic mass is 32.2. The zero-order valence-electron chi connectivity index (χ0n) is 18.6. The molecule has 33 heavy (non-hydrogen) atoms. The number of carbonyl (C=O) groups is 1. The zero-order valence-corrected chi connectivity index (χ0v) is 19.4. The highest BCUT2D eigenvalue weighted by molar-refractivity contribution is 7.99. The van der Waals surface area contributed by atoms with Crippen LogP contribution in [0, 0.1) is 0 Å². The Morgan fingerprint density at radius 1 is 0.909 bits per heavy atom. The molecule has 3 rings (SSSR count). The third-order valence-corrected chi connectivity index (χ3v) is 6.88. The predicted octanol–water partition coefficient (Wildman–Crippen LogP) is 8.28. The Labute approximate surface area is 197 Å². The van der Waals surface area contributed by atoms with Crippen LogP contribution in [0.1, 0.15) is 65.8 Å². The summed E-state index contributed by atoms with van der Waals surface area (Å²) in [6.07, 6.45) is 1.27. The summed E-state index contributed by atoms with van der Waals surface area (Å²) in [7, 11) is 0. The second-order valence-corrected chi connectivity index (χ2v) is 9.32. The third-order valence-electron chi connectivity index (χ3n) is 5.54. The van der Waals surface area contributed by atoms with Crippen molar-refractivity contribution in [3.63, 3.8) is 0 Å². The summed E-state index contributed by atoms with van der Waals surface area (Å²) in [5.74, 6) is -0.445. The van der Waals surface area contributed by atoms with Crippen LogP contribution in [0.4, 0.5) is 13.2 Å². The molecule has 0 aliphatic carbocycles. The van der Waals surface area contributed by atoms with E-state index in [1.807, 2.05) is 36.4 Å². The van der Waals surface area contributed by atoms with Gasteiger partial charge in [-0.3, -0.25) is 4.79 Å². The van der Waals surface area contributed by atoms with Gasteiger partial charge in [-0.05, 0) is 59.5 Å². The monoisotopic (exact) mass is 471 g/mol. The SMILES string of the molecule is CCCCCCC(Sc1ccc(-c2cccc(C(F)(F)F)c2)cc1)c1ccc(C(N)=O)cc1. The van der Waals surface area contributed by atoms with Gasteiger partial charge < -0.3 is 5.73 Å². The fraction of sp³-hybridized carbons (Fsp3) is 0.296. The summed E-state index contributed by atoms with van der Waals surface area (Å²) in [5.41, 5.74) is 7.62. The van der Waals surface area contributed by atoms with Crippen molar-refractivity contribution in [1.29, 1.82) is 0 Å². The van der Waals surface area contributed by atoms with Gasteiger partial charge in [-0.1, -0.05) is 69.0 Å². The van der Waals surface area contributed by atoms with E-state index in [1.54, 1.807) is 30.0 Å². The molecule has 0 aliphatic rings. The Morgan fingerprint density at radius 3 is 2.21 bits per heavy atom. The molecular weight excluding hydrogens is 443 g/mol. The number of alkyl halides is 3. The number of hydrogen-bond donors (Lipinski definition) is 1. The van der Waals surface area contributed by atoms with Crippen LogP contribution in [0.25, 0.3) is 11.1 Å². The van der Waals surface area contributed by atoms with E-state index in [2.05, 4.69) is 6.92 Å². The smallest absolute Gasteiger partial charge is 0.366 e. The van der Waals surface area contributed by atoms with E-state index in [0.717, 1.165) is 34.9 Å². The Bertz CT molecular complexity index is 1050. The average Bonchev–Trinajstić information content (AvgIpc) is 2.81. The Hall–Kier alpha value is -2.73. The predicted molar refractivity (Wildman–Crippen MR) is 129 cm³/mol. The normalized spacial score (nSPS) is 12.5. The molecule has 3 aromatic rings. The lowest BCUT2D eigenvalue weighted by molar-refractivity contribution is -0.137. The molecule has 0 spiro atoms. The second-order valence-electron chi connectivity index (χ2n) is 8.05. The number of hydrogen-bond acceptors (Lipinski definition) is 2. The number of benzene rings is 3. The molecule has 2 N–H and O–H groups in total. The van der Waals surface area contributed by atoms with Gasteiger partial charge in [0.1, 0.15) is 0 Å². The van der Waals surface area contributed by atoms with Gasteiger partial charge in [0.05, 0.1) is 5.56 Å². The number of halogens is 3. The molecule has 0 fully saturated rings. The standard InChI is InChI=1S/C27H28F3NOS/c1-2-3-4-5-9-25(20-10-12-21(13-11-20)26(31)32)33-24-16-14-19(15-17-24)22-7-6-8-23(18-22)27(28,29)30/h6-8,10-18,25H,2-5,9H2,1H3,(H2,31,32). The first-order valence-electron chi connectivity index (χ1n) is 11.1. The molecule has 174 valence electrons. The summed E-state index contributed by atoms with van der Waals surface area (Å²) in [6, 6.07) is 20.4. The Morgan fingerprint density at radius 2 is 1.61 bits per heavy atom. The van der Waals surface area contributed by atoms with Gasteiger partial charge in [0.15, 0.2) is 0 Å². The maximum atomic E-state index is 13.0. The fourth-order valence-corrected chi connectivity index (χ4v) is 4.88. The molecule has 0 radical (unpaired) electrons. The summed E-state index contributed by atoms with van der Waals surface area (Å²) < 4.78 is 39.1. The number of primary amides is 1. The first kappa shape index (κ1) is 24.9. The topological polar surface area (TPSA) is 43.1 Å². The lowest BCUT2D eigenvalue weighted by Crippen LogP contribution is -2.10. The number of carbonyl (C=O) groups excluding carboxylic acids is 1. The second kappa shape index (κ2) is 11.4. The van der Waals surface area contributed by atoms with E-state index in [9.17, 15) is 18.0 Å². The molecule has 0 saturated carbocycles. The quantitative estimate of drug-likeness (QED) is 0.239. The van der Waals surface area contributed by atoms with Crippen molar-refractivity contribution in [2.45, 2.75) is 55.3 Å². The van der Waals surface area contributed by atoms with E-state index < -0.39 is 17.6 Å². The highest BCUT2D eigenvalue weighted by Gasteiger charge is 2.30. The molecule has 0 bridgehead atoms. The van der Waals surface area contributed by atoms with Crippen molar-refractivity contribution < 1.29 is 18.0 Å². The fourth-order valence-electron chi connectivity index (χ4n) is 3.68. The first-order chi connectivity index (χ1) is 15.8. The van der Waals surface area contributed by atoms with Crippen molar-refractivity contribution in [1.82, 2.24) is 0 Å². The number of nitrogens with two attached hydrogens (primary N) is 1. The highest BCUT2D eigenvalue weighted by Crippen LogP contribution is 2.40. The lowest BCUT2D eigenvalue weighted by Gasteiger charge is -2.18. The summed E-state index contributed by atoms with van der Waals surface area (Å²) in [5, 5.41) is 0.211. The number of unbranched alkanes of at least 4 members (excludes halogenated alkanes) is 3. The van der Waals surface area contributed by atoms with Gasteiger partial charge in [0.25, 0.3) is 0 Å². The van der Waals surface area contributed by atoms with Crippen LogP contribution in [-0.4, -0.2) is 5.91 Å². The molecule has 6 heteroatoms. The Balaban J connectivity index is 1.77. The van der Waals surface area contributed by atoms with Crippen LogP contribution in [0.3, 0.4) is 0 Å². The van der Waals surface area contributed by atoms with Crippen LogP contribution in [0.15, 0.2) is 77.7 Å². The van der Waals surface area contributed by atoms with Gasteiger partial charge >= 0.3 is 6.18 Å². The molecule has 1 unspecified atom stereocenters. The minimum atomic E-state index is -4.36. The number of rotatable bonds is 10. The van der Waals surface area contributed by atoms with E-state index in [-0.39, 0.29) is 5.25 Å². The minimum absolute atomic E-state index is 0.211. The maximum Gasteiger partial charge on any atom is 0.416 e. The van der Waals surface area contributed by atoms with Crippen molar-refractivity contribution in [3.05, 3.63) is 89.5 Å². The molecular formula is C27H28F3NOS. The van der Waals surface area contributed by atoms with Gasteiger partial charge in [-0.15, -0.1) is 11.8 Å². The van der Waals surface area contributed by atoms with E-state index in [0.29, 0.717) is 11.1 Å². The molecule has 3 aromatic carbocycles. The summed E-state index contributed by atoms with van der Waals surface area (Å²) >= 11 is 1.73. The van der Waals surface area contributed by atoms with Crippen LogP contribution >= 0.6 is 11.8 Å². The zero-order chi connectivity index (χ0) is 23.8. The van der Waals surface area contributed by atoms with Crippen LogP contribution in [0.5, 0.6) is 0 Å². The average molecular weight is 472 g/mol. The molecule has 1 atom stereocenters. The van der Waals surface area contributed by atoms with E-state index in [4.69, 9.17) is 5.73 Å². The van der Waals surface area contributed by atoms with Crippen molar-refractivity contribution in [3.8, 4) is 11.1 Å². The number of thioether (sulfide) groups is 1. The van der Waals surface area contributed by atoms with Crippen molar-refractivity contribution in [2.75, 3.05) is 0 Å². The molecule has 0 aliphatic heterocycles. The van der Waals surface area contributed by atoms with Crippen molar-refractivity contribution >= 4 is 17.7 Å². The Kier molecular flexibility index (Phi) is 8.61. The molecule has 2 nitrogen and oxygen atoms in total. The maximum absolute atomic E-state index is 13.0. The molecule has 1 amide bonds. The van der Waals surface area contributed by atoms with Crippen LogP contribution in [0.2, 0.25) is 0 Å². The van der Waals surface area contributed by atoms with Gasteiger partial charge in [-0.25, -0.2) is 0 Å².